The van der Waals surface area contributed by atoms with Gasteiger partial charge in [-0.25, -0.2) is 4.98 Å². The van der Waals surface area contributed by atoms with Crippen molar-refractivity contribution < 1.29 is 9.90 Å². The molecule has 0 radical (unpaired) electrons. The summed E-state index contributed by atoms with van der Waals surface area (Å²) < 4.78 is 0.958. The molecule has 28 heavy (non-hydrogen) atoms. The van der Waals surface area contributed by atoms with E-state index < -0.39 is 0 Å². The molecule has 0 saturated carbocycles. The van der Waals surface area contributed by atoms with E-state index in [2.05, 4.69) is 19.8 Å². The minimum Gasteiger partial charge on any atom is -0.508 e. The van der Waals surface area contributed by atoms with Crippen molar-refractivity contribution in [2.45, 2.75) is 26.1 Å². The van der Waals surface area contributed by atoms with E-state index in [4.69, 9.17) is 0 Å². The number of rotatable bonds is 4. The van der Waals surface area contributed by atoms with E-state index in [0.717, 1.165) is 45.9 Å². The Morgan fingerprint density at radius 1 is 1.29 bits per heavy atom. The van der Waals surface area contributed by atoms with Gasteiger partial charge in [-0.1, -0.05) is 31.8 Å². The third-order valence-corrected chi connectivity index (χ3v) is 6.88. The normalized spacial score (nSPS) is 19.8. The Labute approximate surface area is 170 Å². The van der Waals surface area contributed by atoms with E-state index in [1.165, 1.54) is 12.7 Å². The maximum atomic E-state index is 13.0. The molecule has 1 saturated heterocycles. The van der Waals surface area contributed by atoms with Crippen molar-refractivity contribution >= 4 is 35.3 Å². The Balaban J connectivity index is 1.51. The largest absolute Gasteiger partial charge is 0.508 e. The van der Waals surface area contributed by atoms with Crippen molar-refractivity contribution in [3.63, 3.8) is 0 Å². The van der Waals surface area contributed by atoms with Crippen molar-refractivity contribution in [1.82, 2.24) is 9.88 Å². The SMILES string of the molecule is BCCC1CN(C(=O)c2ccc(-c3nc4ccc(O)cc4s3)cc2)CCC1C. The summed E-state index contributed by atoms with van der Waals surface area (Å²) in [5.41, 5.74) is 2.61. The quantitative estimate of drug-likeness (QED) is 0.677. The Morgan fingerprint density at radius 2 is 2.07 bits per heavy atom. The fraction of sp³-hybridized carbons (Fsp3) is 0.364. The molecule has 0 spiro atoms. The summed E-state index contributed by atoms with van der Waals surface area (Å²) in [7, 11) is 2.22. The molecule has 0 bridgehead atoms. The highest BCUT2D eigenvalue weighted by Crippen LogP contribution is 2.32. The van der Waals surface area contributed by atoms with Crippen molar-refractivity contribution in [3.05, 3.63) is 48.0 Å². The van der Waals surface area contributed by atoms with E-state index in [1.54, 1.807) is 23.5 Å². The molecule has 0 aliphatic carbocycles. The van der Waals surface area contributed by atoms with Gasteiger partial charge < -0.3 is 10.0 Å². The van der Waals surface area contributed by atoms with Crippen LogP contribution in [0.5, 0.6) is 5.75 Å². The molecule has 1 aromatic heterocycles. The summed E-state index contributed by atoms with van der Waals surface area (Å²) in [5.74, 6) is 1.70. The van der Waals surface area contributed by atoms with Crippen LogP contribution in [-0.2, 0) is 0 Å². The lowest BCUT2D eigenvalue weighted by atomic mass is 9.81. The van der Waals surface area contributed by atoms with Gasteiger partial charge in [0.1, 0.15) is 18.6 Å². The van der Waals surface area contributed by atoms with Gasteiger partial charge in [0, 0.05) is 24.2 Å². The third-order valence-electron chi connectivity index (χ3n) is 5.81. The first-order valence-electron chi connectivity index (χ1n) is 10.0. The van der Waals surface area contributed by atoms with Crippen molar-refractivity contribution in [1.29, 1.82) is 0 Å². The maximum Gasteiger partial charge on any atom is 0.253 e. The highest BCUT2D eigenvalue weighted by atomic mass is 32.1. The van der Waals surface area contributed by atoms with Gasteiger partial charge in [-0.2, -0.15) is 0 Å². The van der Waals surface area contributed by atoms with Crippen molar-refractivity contribution in [2.75, 3.05) is 13.1 Å². The molecule has 2 heterocycles. The molecule has 1 aliphatic heterocycles. The molecule has 2 aromatic carbocycles. The number of phenols is 1. The number of thiazole rings is 1. The zero-order valence-electron chi connectivity index (χ0n) is 16.4. The van der Waals surface area contributed by atoms with Crippen LogP contribution in [0.3, 0.4) is 0 Å². The second-order valence-corrected chi connectivity index (χ2v) is 8.84. The molecule has 6 heteroatoms. The smallest absolute Gasteiger partial charge is 0.253 e. The molecule has 2 atom stereocenters. The minimum atomic E-state index is 0.133. The predicted molar refractivity (Wildman–Crippen MR) is 118 cm³/mol. The number of hydrogen-bond acceptors (Lipinski definition) is 4. The van der Waals surface area contributed by atoms with Crippen LogP contribution in [0.4, 0.5) is 0 Å². The molecule has 2 unspecified atom stereocenters. The first-order valence-corrected chi connectivity index (χ1v) is 10.9. The molecule has 1 amide bonds. The first-order chi connectivity index (χ1) is 13.5. The second kappa shape index (κ2) is 7.96. The number of carbonyl (C=O) groups excluding carboxylic acids is 1. The number of aromatic nitrogens is 1. The molecular formula is C22H25BN2O2S. The van der Waals surface area contributed by atoms with Crippen LogP contribution in [-0.4, -0.2) is 41.8 Å². The van der Waals surface area contributed by atoms with Crippen LogP contribution in [0.25, 0.3) is 20.8 Å². The highest BCUT2D eigenvalue weighted by Gasteiger charge is 2.28. The summed E-state index contributed by atoms with van der Waals surface area (Å²) in [6.07, 6.45) is 3.45. The van der Waals surface area contributed by atoms with Gasteiger partial charge in [-0.3, -0.25) is 4.79 Å². The van der Waals surface area contributed by atoms with Crippen LogP contribution in [0, 0.1) is 11.8 Å². The van der Waals surface area contributed by atoms with Crippen molar-refractivity contribution in [3.8, 4) is 16.3 Å². The molecule has 1 aliphatic rings. The van der Waals surface area contributed by atoms with Crippen LogP contribution < -0.4 is 0 Å². The first kappa shape index (κ1) is 19.0. The Hall–Kier alpha value is -2.34. The van der Waals surface area contributed by atoms with E-state index >= 15 is 0 Å². The molecular weight excluding hydrogens is 367 g/mol. The topological polar surface area (TPSA) is 53.4 Å². The molecule has 4 nitrogen and oxygen atoms in total. The summed E-state index contributed by atoms with van der Waals surface area (Å²) in [6, 6.07) is 13.0. The Morgan fingerprint density at radius 3 is 2.82 bits per heavy atom. The van der Waals surface area contributed by atoms with E-state index in [9.17, 15) is 9.90 Å². The van der Waals surface area contributed by atoms with Gasteiger partial charge in [0.15, 0.2) is 0 Å². The number of piperidine rings is 1. The number of benzene rings is 2. The lowest BCUT2D eigenvalue weighted by Crippen LogP contribution is -2.43. The van der Waals surface area contributed by atoms with Gasteiger partial charge in [-0.15, -0.1) is 11.3 Å². The number of nitrogens with zero attached hydrogens (tertiary/aromatic N) is 2. The maximum absolute atomic E-state index is 13.0. The number of aromatic hydroxyl groups is 1. The lowest BCUT2D eigenvalue weighted by Gasteiger charge is -2.37. The zero-order valence-corrected chi connectivity index (χ0v) is 17.2. The average molecular weight is 392 g/mol. The standard InChI is InChI=1S/C22H25BN2O2S/c1-14-9-11-25(13-17(14)8-10-23)22(27)16-4-2-15(3-5-16)21-24-19-7-6-18(26)12-20(19)28-21/h2-7,12,14,17,26H,8-11,13,23H2,1H3. The lowest BCUT2D eigenvalue weighted by molar-refractivity contribution is 0.0606. The van der Waals surface area contributed by atoms with Gasteiger partial charge in [-0.05, 0) is 48.6 Å². The average Bonchev–Trinajstić information content (AvgIpc) is 3.12. The van der Waals surface area contributed by atoms with Gasteiger partial charge in [0.05, 0.1) is 10.2 Å². The summed E-state index contributed by atoms with van der Waals surface area (Å²) in [4.78, 5) is 19.6. The fourth-order valence-electron chi connectivity index (χ4n) is 4.06. The zero-order chi connectivity index (χ0) is 19.7. The summed E-state index contributed by atoms with van der Waals surface area (Å²) in [5, 5.41) is 10.5. The molecule has 3 aromatic rings. The second-order valence-electron chi connectivity index (χ2n) is 7.81. The number of fused-ring (bicyclic) bond motifs is 1. The van der Waals surface area contributed by atoms with Crippen molar-refractivity contribution in [2.24, 2.45) is 11.8 Å². The number of amides is 1. The van der Waals surface area contributed by atoms with Crippen LogP contribution in [0.1, 0.15) is 30.1 Å². The van der Waals surface area contributed by atoms with Crippen LogP contribution >= 0.6 is 11.3 Å². The number of hydrogen-bond donors (Lipinski definition) is 1. The molecule has 4 rings (SSSR count). The number of carbonyl (C=O) groups is 1. The third kappa shape index (κ3) is 3.79. The summed E-state index contributed by atoms with van der Waals surface area (Å²) >= 11 is 1.55. The fourth-order valence-corrected chi connectivity index (χ4v) is 5.06. The molecule has 144 valence electrons. The van der Waals surface area contributed by atoms with E-state index in [1.807, 2.05) is 35.2 Å². The highest BCUT2D eigenvalue weighted by molar-refractivity contribution is 7.21. The predicted octanol–water partition coefficient (Wildman–Crippen LogP) is 4.21. The van der Waals surface area contributed by atoms with E-state index in [0.29, 0.717) is 11.8 Å². The van der Waals surface area contributed by atoms with Gasteiger partial charge in [0.2, 0.25) is 0 Å². The summed E-state index contributed by atoms with van der Waals surface area (Å²) in [6.45, 7) is 4.04. The monoisotopic (exact) mass is 392 g/mol. The molecule has 1 N–H and O–H groups in total. The Kier molecular flexibility index (Phi) is 5.40. The van der Waals surface area contributed by atoms with Crippen LogP contribution in [0.15, 0.2) is 42.5 Å². The van der Waals surface area contributed by atoms with Crippen LogP contribution in [0.2, 0.25) is 6.32 Å². The molecule has 1 fully saturated rings. The van der Waals surface area contributed by atoms with E-state index in [-0.39, 0.29) is 11.7 Å². The number of phenolic OH excluding ortho intramolecular Hbond substituents is 1. The minimum absolute atomic E-state index is 0.133. The number of likely N-dealkylation sites (tertiary alicyclic amines) is 1. The van der Waals surface area contributed by atoms with Gasteiger partial charge in [0.25, 0.3) is 5.91 Å². The van der Waals surface area contributed by atoms with Gasteiger partial charge >= 0.3 is 0 Å². The Bertz CT molecular complexity index is 986.